The van der Waals surface area contributed by atoms with Crippen LogP contribution in [0.3, 0.4) is 0 Å². The van der Waals surface area contributed by atoms with Gasteiger partial charge in [-0.25, -0.2) is 4.98 Å². The van der Waals surface area contributed by atoms with Gasteiger partial charge in [-0.05, 0) is 78.7 Å². The molecule has 0 aliphatic carbocycles. The Kier molecular flexibility index (Phi) is 12.3. The molecule has 1 aromatic heterocycles. The number of methoxy groups -OCH3 is 1. The summed E-state index contributed by atoms with van der Waals surface area (Å²) < 4.78 is 11.4. The van der Waals surface area contributed by atoms with Crippen LogP contribution in [0.25, 0.3) is 17.3 Å². The van der Waals surface area contributed by atoms with Gasteiger partial charge in [0.05, 0.1) is 18.1 Å². The van der Waals surface area contributed by atoms with Gasteiger partial charge >= 0.3 is 0 Å². The molecule has 0 aliphatic heterocycles. The molecule has 1 unspecified atom stereocenters. The average molecular weight is 741 g/mol. The van der Waals surface area contributed by atoms with Gasteiger partial charge in [-0.1, -0.05) is 78.9 Å². The molecule has 0 saturated carbocycles. The summed E-state index contributed by atoms with van der Waals surface area (Å²) in [5, 5.41) is 10.5. The molecule has 6 rings (SSSR count). The lowest BCUT2D eigenvalue weighted by molar-refractivity contribution is -0.115. The highest BCUT2D eigenvalue weighted by molar-refractivity contribution is 8.00. The standard InChI is InChI=1S/C42H36N4O5S2/c1-28(39(47)46-42-45-37(27-52-42)35-18-9-10-19-38(35)50-2)53-34-17-11-16-32(25-34)43-41(49)36(44-40(48)31-14-7-4-8-15-31)24-29-20-22-33(23-21-29)51-26-30-12-5-3-6-13-30/h3-25,27-28H,26H2,1-2H3,(H,43,49)(H,44,48)(H,45,46,47)/b36-24-. The van der Waals surface area contributed by atoms with E-state index in [1.54, 1.807) is 62.6 Å². The third kappa shape index (κ3) is 10.2. The number of carbonyl (C=O) groups excluding carboxylic acids is 3. The average Bonchev–Trinajstić information content (AvgIpc) is 3.66. The van der Waals surface area contributed by atoms with Crippen molar-refractivity contribution in [1.82, 2.24) is 10.3 Å². The number of benzene rings is 5. The maximum Gasteiger partial charge on any atom is 0.272 e. The molecule has 3 N–H and O–H groups in total. The van der Waals surface area contributed by atoms with E-state index in [1.807, 2.05) is 96.4 Å². The van der Waals surface area contributed by atoms with E-state index in [4.69, 9.17) is 9.47 Å². The zero-order valence-electron chi connectivity index (χ0n) is 28.9. The third-order valence-electron chi connectivity index (χ3n) is 7.86. The summed E-state index contributed by atoms with van der Waals surface area (Å²) in [5.41, 5.74) is 4.26. The van der Waals surface area contributed by atoms with Crippen molar-refractivity contribution in [2.24, 2.45) is 0 Å². The second kappa shape index (κ2) is 17.9. The Bertz CT molecular complexity index is 2210. The molecule has 5 aromatic carbocycles. The number of hydrogen-bond donors (Lipinski definition) is 3. The van der Waals surface area contributed by atoms with Gasteiger partial charge in [0.1, 0.15) is 23.8 Å². The van der Waals surface area contributed by atoms with Crippen molar-refractivity contribution in [2.75, 3.05) is 17.7 Å². The summed E-state index contributed by atoms with van der Waals surface area (Å²) >= 11 is 2.68. The number of carbonyl (C=O) groups is 3. The second-order valence-corrected chi connectivity index (χ2v) is 14.0. The number of aromatic nitrogens is 1. The van der Waals surface area contributed by atoms with Gasteiger partial charge in [0.2, 0.25) is 5.91 Å². The highest BCUT2D eigenvalue weighted by atomic mass is 32.2. The highest BCUT2D eigenvalue weighted by Crippen LogP contribution is 2.33. The number of para-hydroxylation sites is 1. The first-order valence-corrected chi connectivity index (χ1v) is 18.4. The summed E-state index contributed by atoms with van der Waals surface area (Å²) in [7, 11) is 1.61. The summed E-state index contributed by atoms with van der Waals surface area (Å²) in [6, 6.07) is 40.6. The van der Waals surface area contributed by atoms with Crippen molar-refractivity contribution in [3.63, 3.8) is 0 Å². The summed E-state index contributed by atoms with van der Waals surface area (Å²) in [4.78, 5) is 45.3. The Morgan fingerprint density at radius 3 is 2.30 bits per heavy atom. The van der Waals surface area contributed by atoms with Crippen LogP contribution in [0.4, 0.5) is 10.8 Å². The Hall–Kier alpha value is -6.17. The summed E-state index contributed by atoms with van der Waals surface area (Å²) in [5.74, 6) is 0.227. The molecule has 0 spiro atoms. The molecular weight excluding hydrogens is 705 g/mol. The number of nitrogens with zero attached hydrogens (tertiary/aromatic N) is 1. The molecule has 0 radical (unpaired) electrons. The number of thioether (sulfide) groups is 1. The Labute approximate surface area is 316 Å². The normalized spacial score (nSPS) is 11.6. The van der Waals surface area contributed by atoms with Crippen molar-refractivity contribution in [1.29, 1.82) is 0 Å². The summed E-state index contributed by atoms with van der Waals surface area (Å²) in [6.45, 7) is 2.23. The predicted molar refractivity (Wildman–Crippen MR) is 212 cm³/mol. The lowest BCUT2D eigenvalue weighted by Crippen LogP contribution is -2.30. The molecule has 0 fully saturated rings. The van der Waals surface area contributed by atoms with Gasteiger partial charge in [-0.15, -0.1) is 23.1 Å². The molecule has 0 saturated heterocycles. The van der Waals surface area contributed by atoms with E-state index >= 15 is 0 Å². The monoisotopic (exact) mass is 740 g/mol. The van der Waals surface area contributed by atoms with Crippen molar-refractivity contribution < 1.29 is 23.9 Å². The minimum Gasteiger partial charge on any atom is -0.496 e. The fraction of sp³-hybridized carbons (Fsp3) is 0.0952. The SMILES string of the molecule is COc1ccccc1-c1csc(NC(=O)C(C)Sc2cccc(NC(=O)/C(=C/c3ccc(OCc4ccccc4)cc3)NC(=O)c3ccccc3)c2)n1. The number of rotatable bonds is 14. The molecule has 0 aliphatic rings. The van der Waals surface area contributed by atoms with E-state index in [9.17, 15) is 14.4 Å². The lowest BCUT2D eigenvalue weighted by atomic mass is 10.1. The number of nitrogens with one attached hydrogen (secondary N) is 3. The van der Waals surface area contributed by atoms with Gasteiger partial charge in [-0.3, -0.25) is 14.4 Å². The van der Waals surface area contributed by atoms with Crippen LogP contribution in [0.1, 0.15) is 28.4 Å². The van der Waals surface area contributed by atoms with Crippen molar-refractivity contribution in [2.45, 2.75) is 23.7 Å². The van der Waals surface area contributed by atoms with E-state index in [1.165, 1.54) is 23.1 Å². The highest BCUT2D eigenvalue weighted by Gasteiger charge is 2.19. The Morgan fingerprint density at radius 1 is 0.830 bits per heavy atom. The molecule has 9 nitrogen and oxygen atoms in total. The van der Waals surface area contributed by atoms with Gasteiger partial charge in [0, 0.05) is 27.1 Å². The molecule has 3 amide bonds. The van der Waals surface area contributed by atoms with Crippen LogP contribution < -0.4 is 25.4 Å². The van der Waals surface area contributed by atoms with Crippen LogP contribution in [0.15, 0.2) is 149 Å². The minimum atomic E-state index is -0.513. The third-order valence-corrected chi connectivity index (χ3v) is 9.71. The van der Waals surface area contributed by atoms with Gasteiger partial charge < -0.3 is 25.4 Å². The second-order valence-electron chi connectivity index (χ2n) is 11.7. The van der Waals surface area contributed by atoms with Gasteiger partial charge in [-0.2, -0.15) is 0 Å². The Balaban J connectivity index is 1.12. The molecule has 11 heteroatoms. The molecule has 6 aromatic rings. The van der Waals surface area contributed by atoms with Crippen LogP contribution >= 0.6 is 23.1 Å². The molecule has 53 heavy (non-hydrogen) atoms. The topological polar surface area (TPSA) is 119 Å². The first kappa shape index (κ1) is 36.6. The summed E-state index contributed by atoms with van der Waals surface area (Å²) in [6.07, 6.45) is 1.61. The van der Waals surface area contributed by atoms with Crippen LogP contribution in [0.2, 0.25) is 0 Å². The minimum absolute atomic E-state index is 0.0542. The quantitative estimate of drug-likeness (QED) is 0.0754. The Morgan fingerprint density at radius 2 is 1.55 bits per heavy atom. The smallest absolute Gasteiger partial charge is 0.272 e. The van der Waals surface area contributed by atoms with Crippen LogP contribution in [0, 0.1) is 0 Å². The fourth-order valence-corrected chi connectivity index (χ4v) is 6.77. The molecular formula is C42H36N4O5S2. The van der Waals surface area contributed by atoms with E-state index in [0.717, 1.165) is 16.0 Å². The number of hydrogen-bond acceptors (Lipinski definition) is 8. The largest absolute Gasteiger partial charge is 0.496 e. The van der Waals surface area contributed by atoms with Crippen LogP contribution in [0.5, 0.6) is 11.5 Å². The van der Waals surface area contributed by atoms with Crippen LogP contribution in [-0.2, 0) is 16.2 Å². The first-order valence-electron chi connectivity index (χ1n) is 16.7. The zero-order valence-corrected chi connectivity index (χ0v) is 30.6. The fourth-order valence-electron chi connectivity index (χ4n) is 5.13. The maximum atomic E-state index is 13.7. The lowest BCUT2D eigenvalue weighted by Gasteiger charge is -2.14. The number of amides is 3. The van der Waals surface area contributed by atoms with Crippen LogP contribution in [-0.4, -0.2) is 35.1 Å². The van der Waals surface area contributed by atoms with E-state index in [0.29, 0.717) is 45.7 Å². The van der Waals surface area contributed by atoms with Gasteiger partial charge in [0.15, 0.2) is 5.13 Å². The number of anilines is 2. The van der Waals surface area contributed by atoms with E-state index < -0.39 is 17.1 Å². The zero-order chi connectivity index (χ0) is 37.0. The van der Waals surface area contributed by atoms with Crippen molar-refractivity contribution >= 4 is 57.7 Å². The molecule has 0 bridgehead atoms. The number of thiazole rings is 1. The molecule has 1 heterocycles. The van der Waals surface area contributed by atoms with Crippen molar-refractivity contribution in [3.8, 4) is 22.8 Å². The molecule has 266 valence electrons. The van der Waals surface area contributed by atoms with Crippen molar-refractivity contribution in [3.05, 3.63) is 161 Å². The molecule has 1 atom stereocenters. The van der Waals surface area contributed by atoms with E-state index in [2.05, 4.69) is 20.9 Å². The predicted octanol–water partition coefficient (Wildman–Crippen LogP) is 8.93. The van der Waals surface area contributed by atoms with Gasteiger partial charge in [0.25, 0.3) is 11.8 Å². The van der Waals surface area contributed by atoms with E-state index in [-0.39, 0.29) is 11.6 Å². The number of ether oxygens (including phenoxy) is 2. The first-order chi connectivity index (χ1) is 25.8. The maximum absolute atomic E-state index is 13.7.